The summed E-state index contributed by atoms with van der Waals surface area (Å²) in [4.78, 5) is 8.03. The Bertz CT molecular complexity index is 496. The molecule has 0 spiro atoms. The number of hydrogen-bond donors (Lipinski definition) is 1. The highest BCUT2D eigenvalue weighted by atomic mass is 32.1. The zero-order chi connectivity index (χ0) is 14.1. The largest absolute Gasteiger partial charge is 0.370 e. The van der Waals surface area contributed by atoms with Gasteiger partial charge in [-0.2, -0.15) is 0 Å². The third kappa shape index (κ3) is 3.06. The summed E-state index contributed by atoms with van der Waals surface area (Å²) in [7, 11) is 1.79. The minimum Gasteiger partial charge on any atom is -0.370 e. The van der Waals surface area contributed by atoms with Gasteiger partial charge in [-0.3, -0.25) is 0 Å². The van der Waals surface area contributed by atoms with Gasteiger partial charge in [0.2, 0.25) is 0 Å². The molecule has 0 unspecified atom stereocenters. The normalized spacial score (nSPS) is 19.4. The van der Waals surface area contributed by atoms with Crippen LogP contribution in [0.2, 0.25) is 0 Å². The van der Waals surface area contributed by atoms with E-state index in [1.165, 1.54) is 19.3 Å². The van der Waals surface area contributed by atoms with Crippen molar-refractivity contribution in [1.29, 1.82) is 0 Å². The average molecular weight is 280 g/mol. The van der Waals surface area contributed by atoms with E-state index in [0.29, 0.717) is 4.64 Å². The monoisotopic (exact) mass is 280 g/mol. The van der Waals surface area contributed by atoms with E-state index in [0.717, 1.165) is 24.4 Å². The molecule has 0 saturated heterocycles. The first-order valence-corrected chi connectivity index (χ1v) is 7.46. The lowest BCUT2D eigenvalue weighted by Crippen LogP contribution is -2.34. The molecule has 1 aliphatic carbocycles. The number of H-pyrrole nitrogens is 1. The Hall–Kier alpha value is -0.740. The molecule has 0 amide bonds. The number of hydrogen-bond acceptors (Lipinski definition) is 3. The van der Waals surface area contributed by atoms with E-state index in [1.54, 1.807) is 7.11 Å². The summed E-state index contributed by atoms with van der Waals surface area (Å²) < 4.78 is 6.50. The summed E-state index contributed by atoms with van der Waals surface area (Å²) in [5.74, 6) is 0.909. The van der Waals surface area contributed by atoms with Crippen molar-refractivity contribution < 1.29 is 4.74 Å². The van der Waals surface area contributed by atoms with Gasteiger partial charge in [-0.1, -0.05) is 52.3 Å². The van der Waals surface area contributed by atoms with E-state index in [2.05, 4.69) is 30.7 Å². The SMILES string of the molecule is COC1(c2nc(=S)cc(C(C)(C)C)[nH]2)CCCCC1. The molecule has 0 aliphatic heterocycles. The molecule has 0 aromatic carbocycles. The van der Waals surface area contributed by atoms with Gasteiger partial charge in [0.05, 0.1) is 0 Å². The van der Waals surface area contributed by atoms with Crippen molar-refractivity contribution in [2.24, 2.45) is 0 Å². The van der Waals surface area contributed by atoms with Crippen LogP contribution in [0.5, 0.6) is 0 Å². The van der Waals surface area contributed by atoms with Crippen LogP contribution in [0.4, 0.5) is 0 Å². The summed E-state index contributed by atoms with van der Waals surface area (Å²) in [5.41, 5.74) is 0.895. The van der Waals surface area contributed by atoms with Crippen molar-refractivity contribution in [3.05, 3.63) is 22.2 Å². The molecule has 0 atom stereocenters. The lowest BCUT2D eigenvalue weighted by atomic mass is 9.83. The Morgan fingerprint density at radius 2 is 1.89 bits per heavy atom. The lowest BCUT2D eigenvalue weighted by Gasteiger charge is -2.35. The topological polar surface area (TPSA) is 37.9 Å². The van der Waals surface area contributed by atoms with E-state index in [4.69, 9.17) is 17.0 Å². The molecule has 0 radical (unpaired) electrons. The summed E-state index contributed by atoms with van der Waals surface area (Å²) >= 11 is 5.34. The first kappa shape index (κ1) is 14.7. The summed E-state index contributed by atoms with van der Waals surface area (Å²) in [5, 5.41) is 0. The number of methoxy groups -OCH3 is 1. The first-order chi connectivity index (χ1) is 8.87. The van der Waals surface area contributed by atoms with Gasteiger partial charge in [0.1, 0.15) is 16.1 Å². The van der Waals surface area contributed by atoms with Gasteiger partial charge < -0.3 is 9.72 Å². The summed E-state index contributed by atoms with van der Waals surface area (Å²) in [6, 6.07) is 1.96. The molecule has 1 saturated carbocycles. The van der Waals surface area contributed by atoms with Gasteiger partial charge in [0, 0.05) is 18.2 Å². The van der Waals surface area contributed by atoms with E-state index >= 15 is 0 Å². The molecule has 1 fully saturated rings. The smallest absolute Gasteiger partial charge is 0.140 e. The van der Waals surface area contributed by atoms with Crippen LogP contribution in [0.1, 0.15) is 64.4 Å². The number of rotatable bonds is 2. The third-order valence-electron chi connectivity index (χ3n) is 4.03. The second-order valence-corrected chi connectivity index (χ2v) is 6.91. The Balaban J connectivity index is 2.49. The van der Waals surface area contributed by atoms with Crippen LogP contribution < -0.4 is 0 Å². The standard InChI is InChI=1S/C15H24N2OS/c1-14(2,3)11-10-12(19)17-13(16-11)15(18-4)8-6-5-7-9-15/h10H,5-9H2,1-4H3,(H,16,17,19). The van der Waals surface area contributed by atoms with Gasteiger partial charge in [-0.15, -0.1) is 0 Å². The molecular weight excluding hydrogens is 256 g/mol. The quantitative estimate of drug-likeness (QED) is 0.823. The minimum absolute atomic E-state index is 0.0366. The highest BCUT2D eigenvalue weighted by Gasteiger charge is 2.36. The molecule has 4 heteroatoms. The second kappa shape index (κ2) is 5.33. The van der Waals surface area contributed by atoms with Crippen LogP contribution in [0.3, 0.4) is 0 Å². The van der Waals surface area contributed by atoms with Gasteiger partial charge in [-0.25, -0.2) is 4.98 Å². The minimum atomic E-state index is -0.271. The van der Waals surface area contributed by atoms with Crippen molar-refractivity contribution in [2.75, 3.05) is 7.11 Å². The average Bonchev–Trinajstić information content (AvgIpc) is 2.38. The van der Waals surface area contributed by atoms with Crippen LogP contribution in [0.15, 0.2) is 6.07 Å². The number of nitrogens with one attached hydrogen (secondary N) is 1. The van der Waals surface area contributed by atoms with E-state index < -0.39 is 0 Å². The third-order valence-corrected chi connectivity index (χ3v) is 4.24. The number of aromatic amines is 1. The Labute approximate surface area is 120 Å². The van der Waals surface area contributed by atoms with E-state index in [-0.39, 0.29) is 11.0 Å². The maximum absolute atomic E-state index is 5.85. The van der Waals surface area contributed by atoms with Crippen LogP contribution in [0.25, 0.3) is 0 Å². The fraction of sp³-hybridized carbons (Fsp3) is 0.733. The predicted octanol–water partition coefficient (Wildman–Crippen LogP) is 4.24. The molecule has 106 valence electrons. The Morgan fingerprint density at radius 1 is 1.26 bits per heavy atom. The number of ether oxygens (including phenoxy) is 1. The Morgan fingerprint density at radius 3 is 2.42 bits per heavy atom. The second-order valence-electron chi connectivity index (χ2n) is 6.49. The molecule has 1 heterocycles. The predicted molar refractivity (Wildman–Crippen MR) is 79.9 cm³/mol. The van der Waals surface area contributed by atoms with Crippen LogP contribution in [-0.2, 0) is 15.8 Å². The Kier molecular flexibility index (Phi) is 4.11. The maximum Gasteiger partial charge on any atom is 0.140 e. The van der Waals surface area contributed by atoms with Gasteiger partial charge in [-0.05, 0) is 18.9 Å². The molecule has 1 aromatic heterocycles. The molecule has 19 heavy (non-hydrogen) atoms. The fourth-order valence-corrected chi connectivity index (χ4v) is 2.95. The molecule has 1 aromatic rings. The fourth-order valence-electron chi connectivity index (χ4n) is 2.74. The number of aromatic nitrogens is 2. The van der Waals surface area contributed by atoms with E-state index in [1.807, 2.05) is 6.07 Å². The molecule has 2 rings (SSSR count). The molecular formula is C15H24N2OS. The van der Waals surface area contributed by atoms with Crippen LogP contribution in [0, 0.1) is 4.64 Å². The first-order valence-electron chi connectivity index (χ1n) is 7.05. The highest BCUT2D eigenvalue weighted by Crippen LogP contribution is 2.38. The van der Waals surface area contributed by atoms with Gasteiger partial charge in [0.15, 0.2) is 0 Å². The van der Waals surface area contributed by atoms with Crippen molar-refractivity contribution >= 4 is 12.2 Å². The molecule has 1 N–H and O–H groups in total. The molecule has 0 bridgehead atoms. The summed E-state index contributed by atoms with van der Waals surface area (Å²) in [6.45, 7) is 6.53. The molecule has 3 nitrogen and oxygen atoms in total. The lowest BCUT2D eigenvalue weighted by molar-refractivity contribution is -0.0518. The van der Waals surface area contributed by atoms with Gasteiger partial charge >= 0.3 is 0 Å². The van der Waals surface area contributed by atoms with Crippen LogP contribution in [-0.4, -0.2) is 17.1 Å². The van der Waals surface area contributed by atoms with Crippen molar-refractivity contribution in [2.45, 2.75) is 63.9 Å². The van der Waals surface area contributed by atoms with Crippen molar-refractivity contribution in [3.63, 3.8) is 0 Å². The molecule has 1 aliphatic rings. The van der Waals surface area contributed by atoms with Crippen molar-refractivity contribution in [3.8, 4) is 0 Å². The highest BCUT2D eigenvalue weighted by molar-refractivity contribution is 7.71. The summed E-state index contributed by atoms with van der Waals surface area (Å²) in [6.07, 6.45) is 5.71. The van der Waals surface area contributed by atoms with E-state index in [9.17, 15) is 0 Å². The maximum atomic E-state index is 5.85. The van der Waals surface area contributed by atoms with Crippen LogP contribution >= 0.6 is 12.2 Å². The number of nitrogens with zero attached hydrogens (tertiary/aromatic N) is 1. The zero-order valence-electron chi connectivity index (χ0n) is 12.4. The van der Waals surface area contributed by atoms with Gasteiger partial charge in [0.25, 0.3) is 0 Å². The van der Waals surface area contributed by atoms with Crippen molar-refractivity contribution in [1.82, 2.24) is 9.97 Å². The zero-order valence-corrected chi connectivity index (χ0v) is 13.2.